The molecule has 1 fully saturated rings. The first-order chi connectivity index (χ1) is 15.0. The summed E-state index contributed by atoms with van der Waals surface area (Å²) in [6.07, 6.45) is 0. The van der Waals surface area contributed by atoms with Gasteiger partial charge in [0, 0.05) is 49.6 Å². The van der Waals surface area contributed by atoms with Crippen molar-refractivity contribution in [3.05, 3.63) is 59.8 Å². The Morgan fingerprint density at radius 2 is 1.68 bits per heavy atom. The lowest BCUT2D eigenvalue weighted by atomic mass is 10.1. The van der Waals surface area contributed by atoms with E-state index in [-0.39, 0.29) is 11.5 Å². The molecule has 160 valence electrons. The van der Waals surface area contributed by atoms with Crippen molar-refractivity contribution in [2.24, 2.45) is 0 Å². The van der Waals surface area contributed by atoms with Crippen LogP contribution < -0.4 is 19.4 Å². The lowest BCUT2D eigenvalue weighted by Gasteiger charge is -2.35. The smallest absolute Gasteiger partial charge is 0.327 e. The SMILES string of the molecule is COc1ccc(-[n+]2noc([O-])c2C(=O)N2CCN(c3ccc(C(C)=O)cc3)CC2)cc1. The predicted octanol–water partition coefficient (Wildman–Crippen LogP) is 1.20. The van der Waals surface area contributed by atoms with Crippen LogP contribution in [-0.2, 0) is 0 Å². The predicted molar refractivity (Wildman–Crippen MR) is 109 cm³/mol. The third kappa shape index (κ3) is 4.07. The molecule has 0 radical (unpaired) electrons. The molecule has 4 rings (SSSR count). The number of methoxy groups -OCH3 is 1. The van der Waals surface area contributed by atoms with Crippen molar-refractivity contribution in [3.8, 4) is 17.4 Å². The molecule has 0 atom stereocenters. The Bertz CT molecular complexity index is 1080. The van der Waals surface area contributed by atoms with Gasteiger partial charge in [0.05, 0.1) is 12.4 Å². The summed E-state index contributed by atoms with van der Waals surface area (Å²) in [4.78, 5) is 28.3. The molecule has 0 N–H and O–H groups in total. The van der Waals surface area contributed by atoms with Gasteiger partial charge in [0.1, 0.15) is 5.75 Å². The number of carbonyl (C=O) groups excluding carboxylic acids is 2. The molecule has 31 heavy (non-hydrogen) atoms. The number of amides is 1. The van der Waals surface area contributed by atoms with Crippen LogP contribution in [0, 0.1) is 0 Å². The second kappa shape index (κ2) is 8.47. The first-order valence-electron chi connectivity index (χ1n) is 9.86. The maximum Gasteiger partial charge on any atom is 0.327 e. The number of nitrogens with zero attached hydrogens (tertiary/aromatic N) is 4. The van der Waals surface area contributed by atoms with Crippen LogP contribution in [0.5, 0.6) is 11.7 Å². The molecule has 2 heterocycles. The van der Waals surface area contributed by atoms with Crippen LogP contribution in [0.2, 0.25) is 0 Å². The van der Waals surface area contributed by atoms with Gasteiger partial charge >= 0.3 is 11.6 Å². The summed E-state index contributed by atoms with van der Waals surface area (Å²) in [6.45, 7) is 3.63. The van der Waals surface area contributed by atoms with Gasteiger partial charge in [-0.1, -0.05) is 0 Å². The number of carbonyl (C=O) groups is 2. The van der Waals surface area contributed by atoms with Gasteiger partial charge < -0.3 is 24.2 Å². The highest BCUT2D eigenvalue weighted by atomic mass is 16.6. The van der Waals surface area contributed by atoms with Crippen LogP contribution >= 0.6 is 0 Å². The molecule has 9 heteroatoms. The molecule has 0 aliphatic carbocycles. The zero-order chi connectivity index (χ0) is 22.0. The third-order valence-corrected chi connectivity index (χ3v) is 5.34. The Morgan fingerprint density at radius 3 is 2.26 bits per heavy atom. The number of hydrogen-bond acceptors (Lipinski definition) is 7. The summed E-state index contributed by atoms with van der Waals surface area (Å²) in [5.74, 6) is -0.526. The lowest BCUT2D eigenvalue weighted by molar-refractivity contribution is -0.672. The molecule has 1 aromatic heterocycles. The fourth-order valence-corrected chi connectivity index (χ4v) is 3.55. The first kappa shape index (κ1) is 20.4. The molecule has 1 amide bonds. The van der Waals surface area contributed by atoms with E-state index in [9.17, 15) is 14.7 Å². The van der Waals surface area contributed by atoms with Crippen molar-refractivity contribution >= 4 is 17.4 Å². The van der Waals surface area contributed by atoms with Crippen LogP contribution in [-0.4, -0.2) is 55.2 Å². The van der Waals surface area contributed by atoms with Gasteiger partial charge in [-0.25, -0.2) is 0 Å². The average molecular weight is 422 g/mol. The topological polar surface area (TPSA) is 103 Å². The number of benzene rings is 2. The van der Waals surface area contributed by atoms with Crippen LogP contribution in [0.1, 0.15) is 27.8 Å². The molecule has 0 unspecified atom stereocenters. The molecular formula is C22H22N4O5. The molecule has 0 bridgehead atoms. The molecule has 1 saturated heterocycles. The molecule has 0 saturated carbocycles. The third-order valence-electron chi connectivity index (χ3n) is 5.34. The maximum absolute atomic E-state index is 13.1. The number of aromatic nitrogens is 2. The minimum absolute atomic E-state index is 0.0225. The zero-order valence-corrected chi connectivity index (χ0v) is 17.3. The van der Waals surface area contributed by atoms with Gasteiger partial charge in [0.2, 0.25) is 5.69 Å². The van der Waals surface area contributed by atoms with E-state index in [0.717, 1.165) is 5.69 Å². The van der Waals surface area contributed by atoms with Crippen molar-refractivity contribution in [1.82, 2.24) is 10.2 Å². The molecule has 1 aliphatic rings. The number of anilines is 1. The summed E-state index contributed by atoms with van der Waals surface area (Å²) >= 11 is 0. The summed E-state index contributed by atoms with van der Waals surface area (Å²) in [5, 5.41) is 16.0. The highest BCUT2D eigenvalue weighted by Crippen LogP contribution is 2.20. The lowest BCUT2D eigenvalue weighted by Crippen LogP contribution is -2.51. The molecule has 3 aromatic rings. The quantitative estimate of drug-likeness (QED) is 0.450. The van der Waals surface area contributed by atoms with E-state index >= 15 is 0 Å². The Hall–Kier alpha value is -3.88. The van der Waals surface area contributed by atoms with Gasteiger partial charge in [-0.05, 0) is 48.0 Å². The van der Waals surface area contributed by atoms with E-state index in [1.807, 2.05) is 12.1 Å². The molecule has 0 spiro atoms. The van der Waals surface area contributed by atoms with Crippen molar-refractivity contribution in [2.45, 2.75) is 6.92 Å². The van der Waals surface area contributed by atoms with Crippen LogP contribution in [0.15, 0.2) is 53.1 Å². The second-order valence-electron chi connectivity index (χ2n) is 7.20. The van der Waals surface area contributed by atoms with E-state index in [1.54, 1.807) is 48.4 Å². The highest BCUT2D eigenvalue weighted by Gasteiger charge is 2.33. The summed E-state index contributed by atoms with van der Waals surface area (Å²) in [5.41, 5.74) is 2.04. The van der Waals surface area contributed by atoms with Crippen molar-refractivity contribution < 1.29 is 28.6 Å². The maximum atomic E-state index is 13.1. The van der Waals surface area contributed by atoms with E-state index in [1.165, 1.54) is 11.6 Å². The van der Waals surface area contributed by atoms with E-state index in [2.05, 4.69) is 10.2 Å². The molecule has 1 aliphatic heterocycles. The molecular weight excluding hydrogens is 400 g/mol. The normalized spacial score (nSPS) is 13.9. The van der Waals surface area contributed by atoms with Gasteiger partial charge in [-0.3, -0.25) is 9.59 Å². The standard InChI is InChI=1S/C22H22N4O5/c1-15(27)16-3-5-17(6-4-16)24-11-13-25(14-12-24)21(28)20-22(29)31-23-26(20)18-7-9-19(30-2)10-8-18/h3-10H,11-14H2,1-2H3. The van der Waals surface area contributed by atoms with Crippen molar-refractivity contribution in [1.29, 1.82) is 0 Å². The van der Waals surface area contributed by atoms with Crippen LogP contribution in [0.4, 0.5) is 5.69 Å². The van der Waals surface area contributed by atoms with Crippen LogP contribution in [0.25, 0.3) is 5.69 Å². The van der Waals surface area contributed by atoms with E-state index in [4.69, 9.17) is 9.26 Å². The summed E-state index contributed by atoms with van der Waals surface area (Å²) < 4.78 is 11.1. The fraction of sp³-hybridized carbons (Fsp3) is 0.273. The Morgan fingerprint density at radius 1 is 1.03 bits per heavy atom. The molecule has 2 aromatic carbocycles. The summed E-state index contributed by atoms with van der Waals surface area (Å²) in [7, 11) is 1.56. The van der Waals surface area contributed by atoms with Gasteiger partial charge in [-0.2, -0.15) is 0 Å². The Balaban J connectivity index is 1.47. The number of ketones is 1. The zero-order valence-electron chi connectivity index (χ0n) is 17.3. The van der Waals surface area contributed by atoms with Crippen molar-refractivity contribution in [2.75, 3.05) is 38.2 Å². The minimum atomic E-state index is -0.775. The number of hydrogen-bond donors (Lipinski definition) is 0. The van der Waals surface area contributed by atoms with Gasteiger partial charge in [0.15, 0.2) is 11.7 Å². The number of ether oxygens (including phenoxy) is 1. The van der Waals surface area contributed by atoms with Gasteiger partial charge in [0.25, 0.3) is 0 Å². The number of rotatable bonds is 5. The Labute approximate surface area is 179 Å². The minimum Gasteiger partial charge on any atom is -0.538 e. The van der Waals surface area contributed by atoms with E-state index in [0.29, 0.717) is 43.2 Å². The highest BCUT2D eigenvalue weighted by molar-refractivity contribution is 5.94. The van der Waals surface area contributed by atoms with Crippen molar-refractivity contribution in [3.63, 3.8) is 0 Å². The monoisotopic (exact) mass is 422 g/mol. The van der Waals surface area contributed by atoms with Gasteiger partial charge in [-0.15, -0.1) is 0 Å². The summed E-state index contributed by atoms with van der Waals surface area (Å²) in [6, 6.07) is 14.2. The fourth-order valence-electron chi connectivity index (χ4n) is 3.55. The number of piperazine rings is 1. The van der Waals surface area contributed by atoms with Crippen LogP contribution in [0.3, 0.4) is 0 Å². The van der Waals surface area contributed by atoms with E-state index < -0.39 is 11.9 Å². The average Bonchev–Trinajstić information content (AvgIpc) is 3.20. The number of Topliss-reactive ketones (excluding diaryl/α,β-unsaturated/α-hetero) is 1. The Kier molecular flexibility index (Phi) is 5.57. The second-order valence-corrected chi connectivity index (χ2v) is 7.20. The largest absolute Gasteiger partial charge is 0.538 e. The molecule has 9 nitrogen and oxygen atoms in total. The first-order valence-corrected chi connectivity index (χ1v) is 9.86.